The van der Waals surface area contributed by atoms with Crippen LogP contribution in [0.5, 0.6) is 0 Å². The zero-order valence-electron chi connectivity index (χ0n) is 4.46. The van der Waals surface area contributed by atoms with Gasteiger partial charge < -0.3 is 5.09 Å². The van der Waals surface area contributed by atoms with Gasteiger partial charge in [0.05, 0.1) is 22.9 Å². The molecule has 0 aliphatic carbocycles. The fourth-order valence-corrected chi connectivity index (χ4v) is 0.392. The summed E-state index contributed by atoms with van der Waals surface area (Å²) < 4.78 is 2.48. The minimum atomic E-state index is 0.0640. The number of halogens is 1. The molecule has 0 aromatic carbocycles. The molecule has 0 radical (unpaired) electrons. The second-order valence-electron chi connectivity index (χ2n) is 1.11. The second-order valence-corrected chi connectivity index (χ2v) is 1.94. The first kappa shape index (κ1) is 8.90. The molecule has 0 rings (SSSR count). The standard InChI is InChI=1S/C2H7IN5P/c3-7-1(4)6-2(5)8-9/h9H2,(H5,4,5,6,7,8). The van der Waals surface area contributed by atoms with Crippen LogP contribution >= 0.6 is 32.3 Å². The van der Waals surface area contributed by atoms with Gasteiger partial charge in [0.2, 0.25) is 5.96 Å². The smallest absolute Gasteiger partial charge is 0.204 e. The van der Waals surface area contributed by atoms with E-state index in [2.05, 4.69) is 23.3 Å². The maximum absolute atomic E-state index is 6.95. The van der Waals surface area contributed by atoms with Gasteiger partial charge >= 0.3 is 0 Å². The van der Waals surface area contributed by atoms with E-state index in [1.807, 2.05) is 0 Å². The highest BCUT2D eigenvalue weighted by Crippen LogP contribution is 1.70. The van der Waals surface area contributed by atoms with Crippen molar-refractivity contribution >= 4 is 44.2 Å². The average Bonchev–Trinajstić information content (AvgIpc) is 1.87. The van der Waals surface area contributed by atoms with E-state index in [-0.39, 0.29) is 11.9 Å². The van der Waals surface area contributed by atoms with E-state index >= 15 is 0 Å². The molecule has 7 heteroatoms. The van der Waals surface area contributed by atoms with Gasteiger partial charge in [-0.1, -0.05) is 0 Å². The molecule has 0 aliphatic rings. The second kappa shape index (κ2) is 4.75. The van der Waals surface area contributed by atoms with E-state index in [0.717, 1.165) is 0 Å². The summed E-state index contributed by atoms with van der Waals surface area (Å²) in [6.07, 6.45) is 0. The van der Waals surface area contributed by atoms with Crippen molar-refractivity contribution in [1.82, 2.24) is 13.9 Å². The largest absolute Gasteiger partial charge is 0.341 e. The number of nitrogens with one attached hydrogen (secondary N) is 5. The predicted molar refractivity (Wildman–Crippen MR) is 48.6 cm³/mol. The highest BCUT2D eigenvalue weighted by molar-refractivity contribution is 14.1. The van der Waals surface area contributed by atoms with Crippen molar-refractivity contribution in [3.05, 3.63) is 0 Å². The van der Waals surface area contributed by atoms with Gasteiger partial charge in [0.1, 0.15) is 0 Å². The molecule has 0 saturated carbocycles. The van der Waals surface area contributed by atoms with Crippen molar-refractivity contribution in [3.8, 4) is 0 Å². The van der Waals surface area contributed by atoms with Crippen molar-refractivity contribution in [3.63, 3.8) is 0 Å². The number of guanidine groups is 2. The molecule has 0 amide bonds. The van der Waals surface area contributed by atoms with Gasteiger partial charge in [0, 0.05) is 0 Å². The molecule has 0 spiro atoms. The SMILES string of the molecule is N=C(NP)NC(=N)NI. The van der Waals surface area contributed by atoms with Crippen LogP contribution in [0.2, 0.25) is 0 Å². The average molecular weight is 259 g/mol. The van der Waals surface area contributed by atoms with Gasteiger partial charge in [-0.2, -0.15) is 0 Å². The monoisotopic (exact) mass is 259 g/mol. The summed E-state index contributed by atoms with van der Waals surface area (Å²) in [5.41, 5.74) is 0. The van der Waals surface area contributed by atoms with Crippen LogP contribution in [-0.4, -0.2) is 11.9 Å². The Kier molecular flexibility index (Phi) is 4.70. The Morgan fingerprint density at radius 3 is 2.22 bits per heavy atom. The maximum Gasteiger partial charge on any atom is 0.204 e. The summed E-state index contributed by atoms with van der Waals surface area (Å²) in [5.74, 6) is 0.143. The Labute approximate surface area is 69.1 Å². The number of hydrogen-bond acceptors (Lipinski definition) is 2. The lowest BCUT2D eigenvalue weighted by Gasteiger charge is -2.04. The molecule has 0 heterocycles. The van der Waals surface area contributed by atoms with Crippen LogP contribution in [0.1, 0.15) is 0 Å². The van der Waals surface area contributed by atoms with Gasteiger partial charge in [-0.15, -0.1) is 0 Å². The first-order valence-corrected chi connectivity index (χ1v) is 3.63. The summed E-state index contributed by atoms with van der Waals surface area (Å²) >= 11 is 1.79. The molecule has 0 fully saturated rings. The van der Waals surface area contributed by atoms with E-state index < -0.39 is 0 Å². The zero-order valence-corrected chi connectivity index (χ0v) is 7.77. The van der Waals surface area contributed by atoms with Gasteiger partial charge in [-0.05, 0) is 9.39 Å². The van der Waals surface area contributed by atoms with Crippen LogP contribution in [0.25, 0.3) is 0 Å². The van der Waals surface area contributed by atoms with Crippen molar-refractivity contribution in [2.75, 3.05) is 0 Å². The highest BCUT2D eigenvalue weighted by atomic mass is 127. The van der Waals surface area contributed by atoms with Gasteiger partial charge in [-0.25, -0.2) is 0 Å². The molecule has 52 valence electrons. The van der Waals surface area contributed by atoms with Crippen LogP contribution < -0.4 is 13.9 Å². The van der Waals surface area contributed by atoms with E-state index in [0.29, 0.717) is 0 Å². The van der Waals surface area contributed by atoms with Crippen molar-refractivity contribution < 1.29 is 0 Å². The molecule has 0 aromatic heterocycles. The molecular weight excluding hydrogens is 252 g/mol. The lowest BCUT2D eigenvalue weighted by atomic mass is 10.9. The van der Waals surface area contributed by atoms with Crippen molar-refractivity contribution in [2.45, 2.75) is 0 Å². The van der Waals surface area contributed by atoms with Crippen molar-refractivity contribution in [2.24, 2.45) is 0 Å². The maximum atomic E-state index is 6.95. The van der Waals surface area contributed by atoms with Crippen LogP contribution in [0, 0.1) is 10.8 Å². The predicted octanol–water partition coefficient (Wildman–Crippen LogP) is -0.235. The van der Waals surface area contributed by atoms with E-state index in [1.54, 1.807) is 22.9 Å². The molecule has 5 N–H and O–H groups in total. The minimum Gasteiger partial charge on any atom is -0.341 e. The molecule has 0 saturated heterocycles. The Morgan fingerprint density at radius 1 is 1.33 bits per heavy atom. The minimum absolute atomic E-state index is 0.0640. The molecule has 0 bridgehead atoms. The highest BCUT2D eigenvalue weighted by Gasteiger charge is 1.92. The lowest BCUT2D eigenvalue weighted by Crippen LogP contribution is -2.39. The molecule has 1 atom stereocenters. The van der Waals surface area contributed by atoms with E-state index in [4.69, 9.17) is 10.8 Å². The Bertz CT molecular complexity index is 110. The van der Waals surface area contributed by atoms with Crippen LogP contribution in [0.3, 0.4) is 0 Å². The van der Waals surface area contributed by atoms with Crippen LogP contribution in [0.15, 0.2) is 0 Å². The fourth-order valence-electron chi connectivity index (χ4n) is 0.185. The third kappa shape index (κ3) is 4.41. The molecule has 9 heavy (non-hydrogen) atoms. The lowest BCUT2D eigenvalue weighted by molar-refractivity contribution is 1.14. The van der Waals surface area contributed by atoms with Gasteiger partial charge in [-0.3, -0.25) is 19.7 Å². The first-order valence-electron chi connectivity index (χ1n) is 1.98. The summed E-state index contributed by atoms with van der Waals surface area (Å²) in [7, 11) is 2.14. The molecule has 0 aromatic rings. The third-order valence-corrected chi connectivity index (χ3v) is 1.32. The number of hydrogen-bond donors (Lipinski definition) is 5. The summed E-state index contributed by atoms with van der Waals surface area (Å²) in [6.45, 7) is 0. The molecule has 5 nitrogen and oxygen atoms in total. The Morgan fingerprint density at radius 2 is 1.89 bits per heavy atom. The third-order valence-electron chi connectivity index (χ3n) is 0.489. The van der Waals surface area contributed by atoms with Crippen LogP contribution in [0.4, 0.5) is 0 Å². The van der Waals surface area contributed by atoms with Crippen LogP contribution in [-0.2, 0) is 0 Å². The van der Waals surface area contributed by atoms with E-state index in [9.17, 15) is 0 Å². The summed E-state index contributed by atoms with van der Waals surface area (Å²) in [4.78, 5) is 0. The fraction of sp³-hybridized carbons (Fsp3) is 0. The zero-order chi connectivity index (χ0) is 7.28. The first-order chi connectivity index (χ1) is 4.20. The topological polar surface area (TPSA) is 83.8 Å². The summed E-state index contributed by atoms with van der Waals surface area (Å²) in [6, 6.07) is 0. The molecule has 0 aliphatic heterocycles. The van der Waals surface area contributed by atoms with E-state index in [1.165, 1.54) is 0 Å². The van der Waals surface area contributed by atoms with Gasteiger partial charge in [0.15, 0.2) is 5.96 Å². The normalized spacial score (nSPS) is 7.78. The quantitative estimate of drug-likeness (QED) is 0.137. The van der Waals surface area contributed by atoms with Gasteiger partial charge in [0.25, 0.3) is 0 Å². The Hall–Kier alpha value is -0.100. The summed E-state index contributed by atoms with van der Waals surface area (Å²) in [5, 5.41) is 18.7. The Balaban J connectivity index is 3.47. The molecular formula is C2H7IN5P. The molecule has 1 unspecified atom stereocenters. The van der Waals surface area contributed by atoms with Crippen molar-refractivity contribution in [1.29, 1.82) is 10.8 Å². The number of rotatable bonds is 0.